The molecule has 5 heteroatoms. The van der Waals surface area contributed by atoms with Gasteiger partial charge >= 0.3 is 0 Å². The summed E-state index contributed by atoms with van der Waals surface area (Å²) in [5.41, 5.74) is 6.71. The molecule has 3 aromatic rings. The second kappa shape index (κ2) is 9.22. The number of nitrogens with two attached hydrogens (primary N) is 1. The SMILES string of the molecule is CN(C(=O)[C@@H](N)C(C)(O)c1ccccc1)[C@H](c1ccccc1)[C@H](O)c1ccccc1. The van der Waals surface area contributed by atoms with Crippen molar-refractivity contribution in [2.75, 3.05) is 7.05 Å². The molecule has 4 N–H and O–H groups in total. The van der Waals surface area contributed by atoms with E-state index < -0.39 is 29.7 Å². The minimum Gasteiger partial charge on any atom is -0.386 e. The van der Waals surface area contributed by atoms with Crippen molar-refractivity contribution in [2.24, 2.45) is 5.73 Å². The van der Waals surface area contributed by atoms with Crippen molar-refractivity contribution in [3.63, 3.8) is 0 Å². The molecular weight excluding hydrogens is 376 g/mol. The number of rotatable bonds is 7. The molecule has 3 rings (SSSR count). The summed E-state index contributed by atoms with van der Waals surface area (Å²) in [6.45, 7) is 1.53. The van der Waals surface area contributed by atoms with Crippen molar-refractivity contribution >= 4 is 5.91 Å². The van der Waals surface area contributed by atoms with Crippen molar-refractivity contribution in [1.29, 1.82) is 0 Å². The Balaban J connectivity index is 1.94. The summed E-state index contributed by atoms with van der Waals surface area (Å²) in [6, 6.07) is 25.5. The Morgan fingerprint density at radius 3 is 1.80 bits per heavy atom. The van der Waals surface area contributed by atoms with E-state index in [9.17, 15) is 15.0 Å². The minimum absolute atomic E-state index is 0.465. The monoisotopic (exact) mass is 404 g/mol. The van der Waals surface area contributed by atoms with Crippen LogP contribution in [0.1, 0.15) is 35.8 Å². The Kier molecular flexibility index (Phi) is 6.67. The molecule has 0 aliphatic heterocycles. The van der Waals surface area contributed by atoms with Gasteiger partial charge in [0.1, 0.15) is 17.7 Å². The zero-order chi connectivity index (χ0) is 21.7. The minimum atomic E-state index is -1.56. The number of hydrogen-bond donors (Lipinski definition) is 3. The molecule has 5 nitrogen and oxygen atoms in total. The topological polar surface area (TPSA) is 86.8 Å². The molecule has 1 unspecified atom stereocenters. The maximum Gasteiger partial charge on any atom is 0.243 e. The fraction of sp³-hybridized carbons (Fsp3) is 0.240. The first kappa shape index (κ1) is 21.7. The lowest BCUT2D eigenvalue weighted by Gasteiger charge is -2.37. The van der Waals surface area contributed by atoms with E-state index in [1.165, 1.54) is 11.8 Å². The van der Waals surface area contributed by atoms with Gasteiger partial charge < -0.3 is 20.8 Å². The number of nitrogens with zero attached hydrogens (tertiary/aromatic N) is 1. The maximum atomic E-state index is 13.3. The van der Waals surface area contributed by atoms with Gasteiger partial charge in [-0.2, -0.15) is 0 Å². The van der Waals surface area contributed by atoms with Crippen LogP contribution >= 0.6 is 0 Å². The molecule has 0 bridgehead atoms. The average Bonchev–Trinajstić information content (AvgIpc) is 2.80. The molecule has 0 spiro atoms. The van der Waals surface area contributed by atoms with Crippen LogP contribution in [0.3, 0.4) is 0 Å². The van der Waals surface area contributed by atoms with Crippen LogP contribution < -0.4 is 5.73 Å². The number of aliphatic hydroxyl groups excluding tert-OH is 1. The molecule has 0 aliphatic carbocycles. The number of carbonyl (C=O) groups is 1. The van der Waals surface area contributed by atoms with Crippen LogP contribution in [-0.4, -0.2) is 34.1 Å². The summed E-state index contributed by atoms with van der Waals surface area (Å²) in [7, 11) is 1.60. The maximum absolute atomic E-state index is 13.3. The van der Waals surface area contributed by atoms with Crippen molar-refractivity contribution in [3.05, 3.63) is 108 Å². The first-order valence-corrected chi connectivity index (χ1v) is 9.92. The molecule has 0 radical (unpaired) electrons. The zero-order valence-electron chi connectivity index (χ0n) is 17.2. The van der Waals surface area contributed by atoms with Gasteiger partial charge in [0, 0.05) is 7.05 Å². The second-order valence-corrected chi connectivity index (χ2v) is 7.65. The van der Waals surface area contributed by atoms with Gasteiger partial charge in [0.05, 0.1) is 6.04 Å². The first-order valence-electron chi connectivity index (χ1n) is 9.92. The van der Waals surface area contributed by atoms with Crippen LogP contribution in [0.25, 0.3) is 0 Å². The van der Waals surface area contributed by atoms with Gasteiger partial charge in [-0.1, -0.05) is 91.0 Å². The molecule has 1 amide bonds. The number of carbonyl (C=O) groups excluding carboxylic acids is 1. The highest BCUT2D eigenvalue weighted by Crippen LogP contribution is 2.35. The molecule has 0 aliphatic rings. The highest BCUT2D eigenvalue weighted by atomic mass is 16.3. The summed E-state index contributed by atoms with van der Waals surface area (Å²) in [6.07, 6.45) is -0.962. The third-order valence-corrected chi connectivity index (χ3v) is 5.58. The smallest absolute Gasteiger partial charge is 0.243 e. The Bertz CT molecular complexity index is 946. The summed E-state index contributed by atoms with van der Waals surface area (Å²) >= 11 is 0. The van der Waals surface area contributed by atoms with Gasteiger partial charge in [0.2, 0.25) is 5.91 Å². The average molecular weight is 405 g/mol. The summed E-state index contributed by atoms with van der Waals surface area (Å²) in [5.74, 6) is -0.465. The van der Waals surface area contributed by atoms with Crippen molar-refractivity contribution < 1.29 is 15.0 Å². The van der Waals surface area contributed by atoms with Gasteiger partial charge in [0.15, 0.2) is 0 Å². The molecule has 0 heterocycles. The normalized spacial score (nSPS) is 16.2. The molecular formula is C25H28N2O3. The van der Waals surface area contributed by atoms with Gasteiger partial charge in [-0.3, -0.25) is 4.79 Å². The molecule has 0 saturated carbocycles. The Labute approximate surface area is 177 Å². The highest BCUT2D eigenvalue weighted by molar-refractivity contribution is 5.83. The van der Waals surface area contributed by atoms with Crippen LogP contribution in [0.5, 0.6) is 0 Å². The van der Waals surface area contributed by atoms with E-state index in [1.807, 2.05) is 66.7 Å². The van der Waals surface area contributed by atoms with Gasteiger partial charge in [-0.05, 0) is 23.6 Å². The van der Waals surface area contributed by atoms with E-state index in [0.717, 1.165) is 5.56 Å². The highest BCUT2D eigenvalue weighted by Gasteiger charge is 2.40. The van der Waals surface area contributed by atoms with Gasteiger partial charge in [-0.25, -0.2) is 0 Å². The van der Waals surface area contributed by atoms with E-state index in [4.69, 9.17) is 5.73 Å². The molecule has 156 valence electrons. The molecule has 0 saturated heterocycles. The van der Waals surface area contributed by atoms with Crippen LogP contribution in [0.15, 0.2) is 91.0 Å². The Morgan fingerprint density at radius 1 is 0.867 bits per heavy atom. The lowest BCUT2D eigenvalue weighted by atomic mass is 9.87. The molecule has 3 aromatic carbocycles. The Hall–Kier alpha value is -2.99. The number of amides is 1. The fourth-order valence-electron chi connectivity index (χ4n) is 3.65. The third-order valence-electron chi connectivity index (χ3n) is 5.58. The van der Waals surface area contributed by atoms with Crippen LogP contribution in [0.2, 0.25) is 0 Å². The third kappa shape index (κ3) is 4.44. The number of likely N-dealkylation sites (N-methyl/N-ethyl adjacent to an activating group) is 1. The summed E-state index contributed by atoms with van der Waals surface area (Å²) < 4.78 is 0. The fourth-order valence-corrected chi connectivity index (χ4v) is 3.65. The van der Waals surface area contributed by atoms with Crippen LogP contribution in [-0.2, 0) is 10.4 Å². The van der Waals surface area contributed by atoms with Crippen molar-refractivity contribution in [1.82, 2.24) is 4.90 Å². The van der Waals surface area contributed by atoms with E-state index in [2.05, 4.69) is 0 Å². The lowest BCUT2D eigenvalue weighted by molar-refractivity contribution is -0.142. The standard InChI is InChI=1S/C25H28N2O3/c1-25(30,20-16-10-5-11-17-20)23(26)24(29)27(2)21(18-12-6-3-7-13-18)22(28)19-14-8-4-9-15-19/h3-17,21-23,28,30H,26H2,1-2H3/t21-,22-,23-,25?/m1/s1. The largest absolute Gasteiger partial charge is 0.386 e. The molecule has 0 aromatic heterocycles. The van der Waals surface area contributed by atoms with E-state index in [0.29, 0.717) is 11.1 Å². The molecule has 30 heavy (non-hydrogen) atoms. The second-order valence-electron chi connectivity index (χ2n) is 7.65. The summed E-state index contributed by atoms with van der Waals surface area (Å²) in [5, 5.41) is 22.2. The van der Waals surface area contributed by atoms with Crippen molar-refractivity contribution in [3.8, 4) is 0 Å². The van der Waals surface area contributed by atoms with Gasteiger partial charge in [-0.15, -0.1) is 0 Å². The van der Waals surface area contributed by atoms with E-state index in [-0.39, 0.29) is 0 Å². The van der Waals surface area contributed by atoms with E-state index in [1.54, 1.807) is 31.3 Å². The predicted octanol–water partition coefficient (Wildman–Crippen LogP) is 3.15. The number of hydrogen-bond acceptors (Lipinski definition) is 4. The first-order chi connectivity index (χ1) is 14.3. The zero-order valence-corrected chi connectivity index (χ0v) is 17.2. The molecule has 0 fully saturated rings. The van der Waals surface area contributed by atoms with Crippen LogP contribution in [0, 0.1) is 0 Å². The van der Waals surface area contributed by atoms with Crippen molar-refractivity contribution in [2.45, 2.75) is 30.7 Å². The van der Waals surface area contributed by atoms with E-state index >= 15 is 0 Å². The number of aliphatic hydroxyl groups is 2. The van der Waals surface area contributed by atoms with Gasteiger partial charge in [0.25, 0.3) is 0 Å². The Morgan fingerprint density at radius 2 is 1.30 bits per heavy atom. The number of benzene rings is 3. The quantitative estimate of drug-likeness (QED) is 0.565. The molecule has 4 atom stereocenters. The van der Waals surface area contributed by atoms with Crippen LogP contribution in [0.4, 0.5) is 0 Å². The predicted molar refractivity (Wildman–Crippen MR) is 117 cm³/mol. The summed E-state index contributed by atoms with van der Waals surface area (Å²) in [4.78, 5) is 14.8. The lowest BCUT2D eigenvalue weighted by Crippen LogP contribution is -2.54.